The van der Waals surface area contributed by atoms with Gasteiger partial charge in [-0.15, -0.1) is 0 Å². The first kappa shape index (κ1) is 13.6. The molecule has 3 rings (SSSR count). The van der Waals surface area contributed by atoms with Crippen LogP contribution >= 0.6 is 0 Å². The summed E-state index contributed by atoms with van der Waals surface area (Å²) >= 11 is 0. The molecule has 2 N–H and O–H groups in total. The topological polar surface area (TPSA) is 69.6 Å². The molecule has 2 bridgehead atoms. The lowest BCUT2D eigenvalue weighted by Gasteiger charge is -2.24. The Labute approximate surface area is 119 Å². The molecule has 3 aliphatic rings. The minimum atomic E-state index is -0.831. The smallest absolute Gasteiger partial charge is 0.307 e. The van der Waals surface area contributed by atoms with Gasteiger partial charge in [0.25, 0.3) is 0 Å². The average molecular weight is 278 g/mol. The third kappa shape index (κ3) is 2.35. The van der Waals surface area contributed by atoms with E-state index in [2.05, 4.69) is 17.3 Å². The molecule has 0 aromatic carbocycles. The van der Waals surface area contributed by atoms with Crippen molar-refractivity contribution in [1.29, 1.82) is 0 Å². The SMILES string of the molecule is CN1CCC(CNC(=O)[C@H]2C3C=CC(C3)[C@H]2C(=O)O)C1. The Bertz CT molecular complexity index is 448. The van der Waals surface area contributed by atoms with E-state index in [-0.39, 0.29) is 23.7 Å². The number of likely N-dealkylation sites (tertiary alicyclic amines) is 1. The number of carbonyl (C=O) groups excluding carboxylic acids is 1. The number of fused-ring (bicyclic) bond motifs is 2. The molecule has 5 heteroatoms. The largest absolute Gasteiger partial charge is 0.481 e. The summed E-state index contributed by atoms with van der Waals surface area (Å²) in [5, 5.41) is 12.3. The maximum absolute atomic E-state index is 12.4. The first-order valence-corrected chi connectivity index (χ1v) is 7.43. The van der Waals surface area contributed by atoms with E-state index in [0.29, 0.717) is 12.5 Å². The molecule has 0 aromatic heterocycles. The summed E-state index contributed by atoms with van der Waals surface area (Å²) in [6.07, 6.45) is 5.92. The first-order valence-electron chi connectivity index (χ1n) is 7.43. The number of carboxylic acid groups (broad SMARTS) is 1. The average Bonchev–Trinajstić information content (AvgIpc) is 3.10. The number of rotatable bonds is 4. The molecule has 5 atom stereocenters. The van der Waals surface area contributed by atoms with Crippen molar-refractivity contribution >= 4 is 11.9 Å². The summed E-state index contributed by atoms with van der Waals surface area (Å²) in [6.45, 7) is 2.77. The number of nitrogens with zero attached hydrogens (tertiary/aromatic N) is 1. The second kappa shape index (κ2) is 5.20. The Hall–Kier alpha value is -1.36. The van der Waals surface area contributed by atoms with Gasteiger partial charge >= 0.3 is 5.97 Å². The molecular formula is C15H22N2O3. The standard InChI is InChI=1S/C15H22N2O3/c1-17-5-4-9(8-17)7-16-14(18)12-10-2-3-11(6-10)13(12)15(19)20/h2-3,9-13H,4-8H2,1H3,(H,16,18)(H,19,20)/t9?,10?,11?,12-,13+/m0/s1. The Morgan fingerprint density at radius 1 is 1.30 bits per heavy atom. The third-order valence-electron chi connectivity index (χ3n) is 5.10. The molecule has 3 unspecified atom stereocenters. The highest BCUT2D eigenvalue weighted by Gasteiger charge is 2.51. The van der Waals surface area contributed by atoms with Crippen LogP contribution < -0.4 is 5.32 Å². The van der Waals surface area contributed by atoms with Crippen molar-refractivity contribution in [3.63, 3.8) is 0 Å². The van der Waals surface area contributed by atoms with Crippen molar-refractivity contribution < 1.29 is 14.7 Å². The summed E-state index contributed by atoms with van der Waals surface area (Å²) in [5.74, 6) is -1.14. The highest BCUT2D eigenvalue weighted by atomic mass is 16.4. The van der Waals surface area contributed by atoms with Gasteiger partial charge in [-0.05, 0) is 44.2 Å². The number of nitrogens with one attached hydrogen (secondary N) is 1. The number of carboxylic acids is 1. The van der Waals surface area contributed by atoms with Crippen LogP contribution in [0.5, 0.6) is 0 Å². The van der Waals surface area contributed by atoms with E-state index < -0.39 is 11.9 Å². The lowest BCUT2D eigenvalue weighted by molar-refractivity contribution is -0.147. The normalized spacial score (nSPS) is 39.4. The maximum Gasteiger partial charge on any atom is 0.307 e. The van der Waals surface area contributed by atoms with Crippen molar-refractivity contribution in [1.82, 2.24) is 10.2 Å². The molecular weight excluding hydrogens is 256 g/mol. The van der Waals surface area contributed by atoms with Crippen LogP contribution in [0, 0.1) is 29.6 Å². The predicted octanol–water partition coefficient (Wildman–Crippen LogP) is 0.577. The minimum Gasteiger partial charge on any atom is -0.481 e. The summed E-state index contributed by atoms with van der Waals surface area (Å²) in [7, 11) is 2.09. The summed E-state index contributed by atoms with van der Waals surface area (Å²) in [4.78, 5) is 26.0. The molecule has 0 spiro atoms. The number of carbonyl (C=O) groups is 2. The Balaban J connectivity index is 1.59. The zero-order valence-electron chi connectivity index (χ0n) is 11.8. The quantitative estimate of drug-likeness (QED) is 0.738. The van der Waals surface area contributed by atoms with Gasteiger partial charge in [0.1, 0.15) is 0 Å². The van der Waals surface area contributed by atoms with Gasteiger partial charge in [-0.1, -0.05) is 12.2 Å². The van der Waals surface area contributed by atoms with Gasteiger partial charge < -0.3 is 15.3 Å². The molecule has 110 valence electrons. The summed E-state index contributed by atoms with van der Waals surface area (Å²) in [5.41, 5.74) is 0. The zero-order valence-corrected chi connectivity index (χ0v) is 11.8. The van der Waals surface area contributed by atoms with Crippen molar-refractivity contribution in [2.75, 3.05) is 26.7 Å². The van der Waals surface area contributed by atoms with E-state index in [0.717, 1.165) is 25.9 Å². The van der Waals surface area contributed by atoms with Gasteiger partial charge in [0.2, 0.25) is 5.91 Å². The second-order valence-corrected chi connectivity index (χ2v) is 6.50. The van der Waals surface area contributed by atoms with E-state index in [9.17, 15) is 14.7 Å². The molecule has 0 aromatic rings. The van der Waals surface area contributed by atoms with E-state index in [1.807, 2.05) is 12.2 Å². The number of aliphatic carboxylic acids is 1. The molecule has 5 nitrogen and oxygen atoms in total. The molecule has 1 aliphatic heterocycles. The second-order valence-electron chi connectivity index (χ2n) is 6.50. The highest BCUT2D eigenvalue weighted by Crippen LogP contribution is 2.48. The molecule has 2 aliphatic carbocycles. The van der Waals surface area contributed by atoms with Gasteiger partial charge in [-0.2, -0.15) is 0 Å². The minimum absolute atomic E-state index is 0.0471. The third-order valence-corrected chi connectivity index (χ3v) is 5.10. The van der Waals surface area contributed by atoms with Gasteiger partial charge in [0.15, 0.2) is 0 Å². The number of hydrogen-bond acceptors (Lipinski definition) is 3. The van der Waals surface area contributed by atoms with Crippen molar-refractivity contribution in [3.05, 3.63) is 12.2 Å². The fourth-order valence-electron chi connectivity index (χ4n) is 4.07. The van der Waals surface area contributed by atoms with Crippen LogP contribution in [0.25, 0.3) is 0 Å². The van der Waals surface area contributed by atoms with Crippen LogP contribution in [0.4, 0.5) is 0 Å². The van der Waals surface area contributed by atoms with Crippen LogP contribution in [0.1, 0.15) is 12.8 Å². The molecule has 1 saturated heterocycles. The van der Waals surface area contributed by atoms with E-state index in [1.165, 1.54) is 0 Å². The van der Waals surface area contributed by atoms with Crippen molar-refractivity contribution in [2.24, 2.45) is 29.6 Å². The van der Waals surface area contributed by atoms with Crippen LogP contribution in [0.15, 0.2) is 12.2 Å². The van der Waals surface area contributed by atoms with Gasteiger partial charge in [-0.3, -0.25) is 9.59 Å². The van der Waals surface area contributed by atoms with Crippen LogP contribution in [0.2, 0.25) is 0 Å². The van der Waals surface area contributed by atoms with E-state index >= 15 is 0 Å². The number of hydrogen-bond donors (Lipinski definition) is 2. The fraction of sp³-hybridized carbons (Fsp3) is 0.733. The Kier molecular flexibility index (Phi) is 3.54. The van der Waals surface area contributed by atoms with E-state index in [4.69, 9.17) is 0 Å². The molecule has 2 fully saturated rings. The van der Waals surface area contributed by atoms with Gasteiger partial charge in [-0.25, -0.2) is 0 Å². The van der Waals surface area contributed by atoms with Crippen molar-refractivity contribution in [3.8, 4) is 0 Å². The van der Waals surface area contributed by atoms with Crippen molar-refractivity contribution in [2.45, 2.75) is 12.8 Å². The van der Waals surface area contributed by atoms with Gasteiger partial charge in [0.05, 0.1) is 11.8 Å². The van der Waals surface area contributed by atoms with Gasteiger partial charge in [0, 0.05) is 13.1 Å². The number of allylic oxidation sites excluding steroid dienone is 2. The summed E-state index contributed by atoms with van der Waals surface area (Å²) < 4.78 is 0. The zero-order chi connectivity index (χ0) is 14.3. The monoisotopic (exact) mass is 278 g/mol. The van der Waals surface area contributed by atoms with Crippen LogP contribution in [0.3, 0.4) is 0 Å². The van der Waals surface area contributed by atoms with Crippen LogP contribution in [-0.4, -0.2) is 48.6 Å². The first-order chi connectivity index (χ1) is 9.56. The molecule has 1 amide bonds. The van der Waals surface area contributed by atoms with E-state index in [1.54, 1.807) is 0 Å². The maximum atomic E-state index is 12.4. The summed E-state index contributed by atoms with van der Waals surface area (Å²) in [6, 6.07) is 0. The molecule has 0 radical (unpaired) electrons. The lowest BCUT2D eigenvalue weighted by atomic mass is 9.82. The Morgan fingerprint density at radius 3 is 2.60 bits per heavy atom. The number of amides is 1. The fourth-order valence-corrected chi connectivity index (χ4v) is 4.07. The molecule has 1 heterocycles. The Morgan fingerprint density at radius 2 is 2.00 bits per heavy atom. The predicted molar refractivity (Wildman–Crippen MR) is 74.0 cm³/mol. The lowest BCUT2D eigenvalue weighted by Crippen LogP contribution is -2.42. The molecule has 20 heavy (non-hydrogen) atoms. The van der Waals surface area contributed by atoms with Crippen LogP contribution in [-0.2, 0) is 9.59 Å². The molecule has 1 saturated carbocycles. The highest BCUT2D eigenvalue weighted by molar-refractivity contribution is 5.86.